The van der Waals surface area contributed by atoms with Crippen LogP contribution in [0.1, 0.15) is 48.3 Å². The van der Waals surface area contributed by atoms with Crippen LogP contribution in [0.2, 0.25) is 5.02 Å². The van der Waals surface area contributed by atoms with Crippen molar-refractivity contribution in [3.8, 4) is 0 Å². The van der Waals surface area contributed by atoms with Crippen molar-refractivity contribution in [3.63, 3.8) is 0 Å². The Morgan fingerprint density at radius 3 is 2.52 bits per heavy atom. The summed E-state index contributed by atoms with van der Waals surface area (Å²) in [5.41, 5.74) is 1.03. The van der Waals surface area contributed by atoms with Gasteiger partial charge in [0.15, 0.2) is 0 Å². The number of hydrogen-bond donors (Lipinski definition) is 0. The highest BCUT2D eigenvalue weighted by Crippen LogP contribution is 2.30. The Kier molecular flexibility index (Phi) is 6.10. The van der Waals surface area contributed by atoms with E-state index in [1.165, 1.54) is 21.3 Å². The molecule has 0 N–H and O–H groups in total. The third kappa shape index (κ3) is 4.22. The summed E-state index contributed by atoms with van der Waals surface area (Å²) >= 11 is 6.24. The fourth-order valence-electron chi connectivity index (χ4n) is 3.86. The van der Waals surface area contributed by atoms with E-state index in [0.717, 1.165) is 30.2 Å². The molecular weight excluding hydrogens is 436 g/mol. The second kappa shape index (κ2) is 8.65. The van der Waals surface area contributed by atoms with Crippen LogP contribution in [0.15, 0.2) is 57.8 Å². The van der Waals surface area contributed by atoms with Crippen LogP contribution in [0.25, 0.3) is 11.0 Å². The molecule has 0 spiro atoms. The van der Waals surface area contributed by atoms with E-state index in [1.54, 1.807) is 13.1 Å². The molecule has 2 aromatic carbocycles. The van der Waals surface area contributed by atoms with Crippen molar-refractivity contribution in [1.29, 1.82) is 0 Å². The normalized spacial score (nSPS) is 16.4. The first kappa shape index (κ1) is 21.9. The quantitative estimate of drug-likeness (QED) is 0.531. The molecule has 1 aliphatic heterocycles. The molecule has 0 aliphatic carbocycles. The molecule has 0 bridgehead atoms. The molecule has 0 radical (unpaired) electrons. The van der Waals surface area contributed by atoms with Gasteiger partial charge in [-0.25, -0.2) is 8.42 Å². The van der Waals surface area contributed by atoms with Crippen LogP contribution in [-0.4, -0.2) is 43.7 Å². The number of benzene rings is 2. The number of para-hydroxylation sites is 1. The van der Waals surface area contributed by atoms with Crippen LogP contribution in [0.4, 0.5) is 0 Å². The molecule has 1 unspecified atom stereocenters. The van der Waals surface area contributed by atoms with Crippen molar-refractivity contribution in [2.75, 3.05) is 20.1 Å². The highest BCUT2D eigenvalue weighted by molar-refractivity contribution is 7.89. The molecule has 1 aromatic heterocycles. The molecular formula is C23H25ClN2O4S. The second-order valence-electron chi connectivity index (χ2n) is 7.89. The molecule has 1 saturated heterocycles. The van der Waals surface area contributed by atoms with Gasteiger partial charge in [-0.05, 0) is 50.1 Å². The molecule has 1 aliphatic rings. The van der Waals surface area contributed by atoms with E-state index in [0.29, 0.717) is 18.8 Å². The predicted molar refractivity (Wildman–Crippen MR) is 121 cm³/mol. The number of sulfonamides is 1. The van der Waals surface area contributed by atoms with Crippen molar-refractivity contribution < 1.29 is 17.6 Å². The van der Waals surface area contributed by atoms with Gasteiger partial charge in [0.05, 0.1) is 11.1 Å². The number of amides is 1. The Bertz CT molecular complexity index is 1180. The Morgan fingerprint density at radius 2 is 1.81 bits per heavy atom. The third-order valence-corrected chi connectivity index (χ3v) is 8.25. The van der Waals surface area contributed by atoms with Crippen molar-refractivity contribution >= 4 is 38.5 Å². The number of furan rings is 1. The minimum Gasteiger partial charge on any atom is -0.459 e. The van der Waals surface area contributed by atoms with Gasteiger partial charge in [-0.1, -0.05) is 36.2 Å². The maximum atomic E-state index is 13.2. The summed E-state index contributed by atoms with van der Waals surface area (Å²) in [5.74, 6) is 0.354. The van der Waals surface area contributed by atoms with Crippen LogP contribution in [0.3, 0.4) is 0 Å². The average molecular weight is 461 g/mol. The molecule has 164 valence electrons. The number of hydrogen-bond acceptors (Lipinski definition) is 4. The van der Waals surface area contributed by atoms with Gasteiger partial charge in [0, 0.05) is 31.1 Å². The molecule has 1 atom stereocenters. The third-order valence-electron chi connectivity index (χ3n) is 5.87. The summed E-state index contributed by atoms with van der Waals surface area (Å²) in [6.45, 7) is 2.82. The number of nitrogens with zero attached hydrogens (tertiary/aromatic N) is 2. The molecule has 3 aromatic rings. The summed E-state index contributed by atoms with van der Waals surface area (Å²) in [6.07, 6.45) is 2.67. The zero-order valence-corrected chi connectivity index (χ0v) is 19.1. The van der Waals surface area contributed by atoms with Crippen molar-refractivity contribution in [2.45, 2.75) is 37.1 Å². The zero-order chi connectivity index (χ0) is 22.2. The topological polar surface area (TPSA) is 70.8 Å². The van der Waals surface area contributed by atoms with Crippen LogP contribution < -0.4 is 0 Å². The molecule has 4 rings (SSSR count). The molecule has 8 heteroatoms. The van der Waals surface area contributed by atoms with Crippen molar-refractivity contribution in [1.82, 2.24) is 9.21 Å². The Hall–Kier alpha value is -2.35. The van der Waals surface area contributed by atoms with Gasteiger partial charge in [0.25, 0.3) is 5.91 Å². The highest BCUT2D eigenvalue weighted by Gasteiger charge is 2.30. The lowest BCUT2D eigenvalue weighted by atomic mass is 10.1. The first-order chi connectivity index (χ1) is 14.8. The number of carbonyl (C=O) groups excluding carboxylic acids is 1. The van der Waals surface area contributed by atoms with E-state index in [1.807, 2.05) is 37.3 Å². The van der Waals surface area contributed by atoms with Gasteiger partial charge >= 0.3 is 0 Å². The van der Waals surface area contributed by atoms with Crippen LogP contribution in [0, 0.1) is 0 Å². The molecule has 0 saturated carbocycles. The Balaban J connectivity index is 1.61. The Morgan fingerprint density at radius 1 is 1.10 bits per heavy atom. The van der Waals surface area contributed by atoms with E-state index < -0.39 is 10.0 Å². The van der Waals surface area contributed by atoms with E-state index in [2.05, 4.69) is 0 Å². The van der Waals surface area contributed by atoms with E-state index >= 15 is 0 Å². The van der Waals surface area contributed by atoms with Crippen molar-refractivity contribution in [2.24, 2.45) is 0 Å². The van der Waals surface area contributed by atoms with Gasteiger partial charge < -0.3 is 9.32 Å². The predicted octanol–water partition coefficient (Wildman–Crippen LogP) is 5.09. The summed E-state index contributed by atoms with van der Waals surface area (Å²) in [4.78, 5) is 14.7. The first-order valence-corrected chi connectivity index (χ1v) is 12.2. The molecule has 31 heavy (non-hydrogen) atoms. The number of fused-ring (bicyclic) bond motifs is 1. The maximum absolute atomic E-state index is 13.2. The van der Waals surface area contributed by atoms with Crippen LogP contribution in [-0.2, 0) is 10.0 Å². The Labute approximate surface area is 187 Å². The first-order valence-electron chi connectivity index (χ1n) is 10.3. The summed E-state index contributed by atoms with van der Waals surface area (Å²) in [7, 11) is -2.08. The lowest BCUT2D eigenvalue weighted by Gasteiger charge is -2.27. The average Bonchev–Trinajstić information content (AvgIpc) is 3.22. The van der Waals surface area contributed by atoms with Gasteiger partial charge in [-0.2, -0.15) is 4.31 Å². The van der Waals surface area contributed by atoms with Crippen LogP contribution in [0.5, 0.6) is 0 Å². The lowest BCUT2D eigenvalue weighted by molar-refractivity contribution is 0.0727. The van der Waals surface area contributed by atoms with Gasteiger partial charge in [0.2, 0.25) is 10.0 Å². The van der Waals surface area contributed by atoms with Gasteiger partial charge in [-0.15, -0.1) is 0 Å². The molecule has 1 fully saturated rings. The summed E-state index contributed by atoms with van der Waals surface area (Å²) < 4.78 is 33.6. The molecule has 1 amide bonds. The fourth-order valence-corrected chi connectivity index (χ4v) is 5.87. The zero-order valence-electron chi connectivity index (χ0n) is 17.5. The monoisotopic (exact) mass is 460 g/mol. The fraction of sp³-hybridized carbons (Fsp3) is 0.348. The minimum atomic E-state index is -3.75. The summed E-state index contributed by atoms with van der Waals surface area (Å²) in [6, 6.07) is 13.7. The largest absolute Gasteiger partial charge is 0.459 e. The van der Waals surface area contributed by atoms with E-state index in [-0.39, 0.29) is 27.4 Å². The highest BCUT2D eigenvalue weighted by atomic mass is 35.5. The molecule has 6 nitrogen and oxygen atoms in total. The molecule has 2 heterocycles. The minimum absolute atomic E-state index is 0.0216. The number of halogens is 1. The number of carbonyl (C=O) groups is 1. The van der Waals surface area contributed by atoms with E-state index in [9.17, 15) is 13.2 Å². The van der Waals surface area contributed by atoms with Crippen molar-refractivity contribution in [3.05, 3.63) is 64.9 Å². The SMILES string of the molecule is CC(c1cc2ccccc2o1)N(C)C(=O)c1ccc(Cl)c(S(=O)(=O)N2CCCCC2)c1. The smallest absolute Gasteiger partial charge is 0.254 e. The van der Waals surface area contributed by atoms with E-state index in [4.69, 9.17) is 16.0 Å². The lowest BCUT2D eigenvalue weighted by Crippen LogP contribution is -2.36. The number of rotatable bonds is 5. The standard InChI is InChI=1S/C23H25ClN2O4S/c1-16(21-14-17-8-4-5-9-20(17)30-21)25(2)23(27)18-10-11-19(24)22(15-18)31(28,29)26-12-6-3-7-13-26/h4-5,8-11,14-16H,3,6-7,12-13H2,1-2H3. The number of piperidine rings is 1. The summed E-state index contributed by atoms with van der Waals surface area (Å²) in [5, 5.41) is 1.08. The maximum Gasteiger partial charge on any atom is 0.254 e. The second-order valence-corrected chi connectivity index (χ2v) is 10.2. The van der Waals surface area contributed by atoms with Crippen LogP contribution >= 0.6 is 11.6 Å². The van der Waals surface area contributed by atoms with Gasteiger partial charge in [-0.3, -0.25) is 4.79 Å². The van der Waals surface area contributed by atoms with Gasteiger partial charge in [0.1, 0.15) is 16.2 Å².